The topological polar surface area (TPSA) is 74.8 Å². The highest BCUT2D eigenvalue weighted by molar-refractivity contribution is 7.92. The molecule has 0 N–H and O–H groups in total. The van der Waals surface area contributed by atoms with Gasteiger partial charge in [0.25, 0.3) is 0 Å². The van der Waals surface area contributed by atoms with E-state index in [9.17, 15) is 18.0 Å². The van der Waals surface area contributed by atoms with Gasteiger partial charge in [0.1, 0.15) is 6.54 Å². The molecule has 0 fully saturated rings. The molecule has 0 atom stereocenters. The summed E-state index contributed by atoms with van der Waals surface area (Å²) in [5.74, 6) is -0.445. The minimum absolute atomic E-state index is 0.111. The summed E-state index contributed by atoms with van der Waals surface area (Å²) < 4.78 is 25.5. The van der Waals surface area contributed by atoms with Crippen LogP contribution in [0.2, 0.25) is 0 Å². The fraction of sp³-hybridized carbons (Fsp3) is 0.263. The molecule has 1 amide bonds. The van der Waals surface area contributed by atoms with Crippen LogP contribution in [-0.2, 0) is 14.8 Å². The van der Waals surface area contributed by atoms with Crippen LogP contribution in [0.1, 0.15) is 24.2 Å². The van der Waals surface area contributed by atoms with Crippen molar-refractivity contribution in [3.05, 3.63) is 60.2 Å². The molecule has 0 saturated heterocycles. The van der Waals surface area contributed by atoms with Gasteiger partial charge in [-0.3, -0.25) is 13.9 Å². The third-order valence-corrected chi connectivity index (χ3v) is 5.07. The first-order chi connectivity index (χ1) is 12.2. The molecule has 138 valence electrons. The number of carbonyl (C=O) groups excluding carboxylic acids is 2. The van der Waals surface area contributed by atoms with E-state index in [0.717, 1.165) is 10.6 Å². The molecule has 2 rings (SSSR count). The predicted octanol–water partition coefficient (Wildman–Crippen LogP) is 2.71. The Bertz CT molecular complexity index is 878. The summed E-state index contributed by atoms with van der Waals surface area (Å²) in [5.41, 5.74) is 1.53. The fourth-order valence-electron chi connectivity index (χ4n) is 2.58. The van der Waals surface area contributed by atoms with Crippen molar-refractivity contribution in [2.75, 3.05) is 28.6 Å². The Balaban J connectivity index is 2.30. The molecule has 0 radical (unpaired) electrons. The molecule has 7 heteroatoms. The molecule has 0 saturated carbocycles. The maximum Gasteiger partial charge on any atom is 0.247 e. The summed E-state index contributed by atoms with van der Waals surface area (Å²) in [6, 6.07) is 15.3. The van der Waals surface area contributed by atoms with Crippen molar-refractivity contribution in [3.8, 4) is 0 Å². The van der Waals surface area contributed by atoms with Gasteiger partial charge in [0.15, 0.2) is 5.78 Å². The van der Waals surface area contributed by atoms with Crippen molar-refractivity contribution < 1.29 is 18.0 Å². The minimum atomic E-state index is -3.67. The van der Waals surface area contributed by atoms with E-state index < -0.39 is 10.0 Å². The Morgan fingerprint density at radius 1 is 0.923 bits per heavy atom. The minimum Gasteiger partial charge on any atom is -0.311 e. The van der Waals surface area contributed by atoms with E-state index in [1.807, 2.05) is 25.1 Å². The number of amides is 1. The summed E-state index contributed by atoms with van der Waals surface area (Å²) in [6.45, 7) is 3.37. The van der Waals surface area contributed by atoms with Gasteiger partial charge in [-0.2, -0.15) is 0 Å². The average Bonchev–Trinajstić information content (AvgIpc) is 2.60. The van der Waals surface area contributed by atoms with E-state index in [0.29, 0.717) is 23.5 Å². The lowest BCUT2D eigenvalue weighted by atomic mass is 10.1. The van der Waals surface area contributed by atoms with Crippen LogP contribution in [0.3, 0.4) is 0 Å². The lowest BCUT2D eigenvalue weighted by molar-refractivity contribution is -0.117. The van der Waals surface area contributed by atoms with E-state index in [1.54, 1.807) is 24.3 Å². The van der Waals surface area contributed by atoms with Gasteiger partial charge in [-0.05, 0) is 50.2 Å². The smallest absolute Gasteiger partial charge is 0.247 e. The number of anilines is 2. The normalized spacial score (nSPS) is 11.0. The first-order valence-electron chi connectivity index (χ1n) is 8.18. The Hall–Kier alpha value is -2.67. The van der Waals surface area contributed by atoms with Gasteiger partial charge in [0.05, 0.1) is 11.9 Å². The van der Waals surface area contributed by atoms with Crippen molar-refractivity contribution in [2.24, 2.45) is 0 Å². The molecule has 26 heavy (non-hydrogen) atoms. The fourth-order valence-corrected chi connectivity index (χ4v) is 3.43. The molecule has 0 aliphatic carbocycles. The summed E-state index contributed by atoms with van der Waals surface area (Å²) in [4.78, 5) is 25.7. The van der Waals surface area contributed by atoms with Gasteiger partial charge in [-0.25, -0.2) is 8.42 Å². The van der Waals surface area contributed by atoms with E-state index in [-0.39, 0.29) is 18.2 Å². The van der Waals surface area contributed by atoms with Crippen LogP contribution in [0.5, 0.6) is 0 Å². The summed E-state index contributed by atoms with van der Waals surface area (Å²) in [5, 5.41) is 0. The molecule has 0 aromatic heterocycles. The molecule has 0 spiro atoms. The number of rotatable bonds is 7. The highest BCUT2D eigenvalue weighted by Crippen LogP contribution is 2.20. The second-order valence-corrected chi connectivity index (χ2v) is 7.75. The number of para-hydroxylation sites is 1. The SMILES string of the molecule is CCN(C(=O)CN(c1ccc(C(C)=O)cc1)S(C)(=O)=O)c1ccccc1. The van der Waals surface area contributed by atoms with Gasteiger partial charge in [-0.15, -0.1) is 0 Å². The van der Waals surface area contributed by atoms with E-state index in [2.05, 4.69) is 0 Å². The molecular formula is C19H22N2O4S. The van der Waals surface area contributed by atoms with Gasteiger partial charge in [0.2, 0.25) is 15.9 Å². The third-order valence-electron chi connectivity index (χ3n) is 3.93. The van der Waals surface area contributed by atoms with Crippen LogP contribution >= 0.6 is 0 Å². The Morgan fingerprint density at radius 2 is 1.50 bits per heavy atom. The zero-order chi connectivity index (χ0) is 19.3. The molecule has 6 nitrogen and oxygen atoms in total. The summed E-state index contributed by atoms with van der Waals surface area (Å²) in [7, 11) is -3.67. The molecule has 0 unspecified atom stereocenters. The van der Waals surface area contributed by atoms with Gasteiger partial charge < -0.3 is 4.90 Å². The maximum absolute atomic E-state index is 12.7. The lowest BCUT2D eigenvalue weighted by Gasteiger charge is -2.27. The van der Waals surface area contributed by atoms with Crippen LogP contribution in [0.15, 0.2) is 54.6 Å². The number of benzene rings is 2. The van der Waals surface area contributed by atoms with Gasteiger partial charge in [0, 0.05) is 17.8 Å². The second kappa shape index (κ2) is 8.14. The Morgan fingerprint density at radius 3 is 1.96 bits per heavy atom. The monoisotopic (exact) mass is 374 g/mol. The summed E-state index contributed by atoms with van der Waals surface area (Å²) >= 11 is 0. The Labute approximate surface area is 154 Å². The highest BCUT2D eigenvalue weighted by Gasteiger charge is 2.24. The van der Waals surface area contributed by atoms with E-state index in [4.69, 9.17) is 0 Å². The number of carbonyl (C=O) groups is 2. The Kier molecular flexibility index (Phi) is 6.15. The lowest BCUT2D eigenvalue weighted by Crippen LogP contribution is -2.42. The number of likely N-dealkylation sites (N-methyl/N-ethyl adjacent to an activating group) is 1. The second-order valence-electron chi connectivity index (χ2n) is 5.85. The zero-order valence-electron chi connectivity index (χ0n) is 15.0. The number of hydrogen-bond donors (Lipinski definition) is 0. The first-order valence-corrected chi connectivity index (χ1v) is 10.0. The molecule has 0 heterocycles. The van der Waals surface area contributed by atoms with E-state index in [1.165, 1.54) is 24.0 Å². The van der Waals surface area contributed by atoms with Crippen LogP contribution in [0.25, 0.3) is 0 Å². The number of hydrogen-bond acceptors (Lipinski definition) is 4. The molecule has 2 aromatic rings. The quantitative estimate of drug-likeness (QED) is 0.699. The number of Topliss-reactive ketones (excluding diaryl/α,β-unsaturated/α-hetero) is 1. The number of sulfonamides is 1. The van der Waals surface area contributed by atoms with Crippen LogP contribution in [0, 0.1) is 0 Å². The van der Waals surface area contributed by atoms with Crippen molar-refractivity contribution >= 4 is 33.1 Å². The van der Waals surface area contributed by atoms with Gasteiger partial charge in [-0.1, -0.05) is 18.2 Å². The highest BCUT2D eigenvalue weighted by atomic mass is 32.2. The van der Waals surface area contributed by atoms with Crippen molar-refractivity contribution in [1.82, 2.24) is 0 Å². The third kappa shape index (κ3) is 4.70. The van der Waals surface area contributed by atoms with E-state index >= 15 is 0 Å². The molecule has 0 aliphatic heterocycles. The standard InChI is InChI=1S/C19H22N2O4S/c1-4-20(17-8-6-5-7-9-17)19(23)14-21(26(3,24)25)18-12-10-16(11-13-18)15(2)22/h5-13H,4,14H2,1-3H3. The van der Waals surface area contributed by atoms with Crippen molar-refractivity contribution in [3.63, 3.8) is 0 Å². The molecule has 0 bridgehead atoms. The van der Waals surface area contributed by atoms with Crippen LogP contribution < -0.4 is 9.21 Å². The average molecular weight is 374 g/mol. The molecule has 2 aromatic carbocycles. The first kappa shape index (κ1) is 19.7. The maximum atomic E-state index is 12.7. The molecular weight excluding hydrogens is 352 g/mol. The largest absolute Gasteiger partial charge is 0.311 e. The van der Waals surface area contributed by atoms with Crippen molar-refractivity contribution in [2.45, 2.75) is 13.8 Å². The van der Waals surface area contributed by atoms with Crippen LogP contribution in [-0.4, -0.2) is 39.5 Å². The van der Waals surface area contributed by atoms with Gasteiger partial charge >= 0.3 is 0 Å². The predicted molar refractivity (Wildman–Crippen MR) is 103 cm³/mol. The number of ketones is 1. The van der Waals surface area contributed by atoms with Crippen molar-refractivity contribution in [1.29, 1.82) is 0 Å². The molecule has 0 aliphatic rings. The summed E-state index contributed by atoms with van der Waals surface area (Å²) in [6.07, 6.45) is 1.05. The van der Waals surface area contributed by atoms with Crippen LogP contribution in [0.4, 0.5) is 11.4 Å². The zero-order valence-corrected chi connectivity index (χ0v) is 15.9. The number of nitrogens with zero attached hydrogens (tertiary/aromatic N) is 2.